The molecule has 0 aliphatic rings. The third-order valence-electron chi connectivity index (χ3n) is 2.39. The Bertz CT molecular complexity index is 687. The standard InChI is InChI=1S/C11H10ClFN2O2S2/c12-8-3-9(13)10(14)4-11(8)19(16,17)15-5-7-1-2-18-6-7/h1-4,6,15H,5,14H2. The van der Waals surface area contributed by atoms with E-state index >= 15 is 0 Å². The molecular formula is C11H10ClFN2O2S2. The number of sulfonamides is 1. The number of hydrogen-bond donors (Lipinski definition) is 2. The maximum Gasteiger partial charge on any atom is 0.242 e. The highest BCUT2D eigenvalue weighted by Gasteiger charge is 2.19. The lowest BCUT2D eigenvalue weighted by Crippen LogP contribution is -2.23. The van der Waals surface area contributed by atoms with Gasteiger partial charge >= 0.3 is 0 Å². The minimum atomic E-state index is -3.83. The summed E-state index contributed by atoms with van der Waals surface area (Å²) in [6, 6.07) is 3.69. The van der Waals surface area contributed by atoms with Crippen LogP contribution < -0.4 is 10.5 Å². The van der Waals surface area contributed by atoms with E-state index in [4.69, 9.17) is 17.3 Å². The molecule has 0 unspecified atom stereocenters. The van der Waals surface area contributed by atoms with Gasteiger partial charge in [-0.05, 0) is 34.5 Å². The van der Waals surface area contributed by atoms with Crippen molar-refractivity contribution >= 4 is 38.6 Å². The molecule has 0 atom stereocenters. The summed E-state index contributed by atoms with van der Waals surface area (Å²) in [6.07, 6.45) is 0. The Balaban J connectivity index is 2.27. The van der Waals surface area contributed by atoms with Gasteiger partial charge < -0.3 is 5.73 Å². The van der Waals surface area contributed by atoms with Crippen LogP contribution in [0.25, 0.3) is 0 Å². The Morgan fingerprint density at radius 2 is 2.16 bits per heavy atom. The summed E-state index contributed by atoms with van der Waals surface area (Å²) in [5.74, 6) is -0.748. The van der Waals surface area contributed by atoms with Crippen LogP contribution in [0.15, 0.2) is 33.9 Å². The summed E-state index contributed by atoms with van der Waals surface area (Å²) in [5, 5.41) is 3.46. The van der Waals surface area contributed by atoms with Crippen LogP contribution in [0.4, 0.5) is 10.1 Å². The molecule has 0 amide bonds. The average molecular weight is 321 g/mol. The molecule has 1 aromatic heterocycles. The Morgan fingerprint density at radius 1 is 1.42 bits per heavy atom. The predicted molar refractivity (Wildman–Crippen MR) is 74.2 cm³/mol. The number of nitrogen functional groups attached to an aromatic ring is 1. The largest absolute Gasteiger partial charge is 0.396 e. The van der Waals surface area contributed by atoms with Gasteiger partial charge in [-0.15, -0.1) is 0 Å². The Hall–Kier alpha value is -1.15. The first-order chi connectivity index (χ1) is 8.90. The monoisotopic (exact) mass is 320 g/mol. The lowest BCUT2D eigenvalue weighted by molar-refractivity contribution is 0.580. The van der Waals surface area contributed by atoms with E-state index < -0.39 is 15.8 Å². The van der Waals surface area contributed by atoms with E-state index in [0.717, 1.165) is 17.7 Å². The van der Waals surface area contributed by atoms with Gasteiger partial charge in [-0.25, -0.2) is 17.5 Å². The molecule has 0 spiro atoms. The molecule has 3 N–H and O–H groups in total. The molecule has 0 bridgehead atoms. The summed E-state index contributed by atoms with van der Waals surface area (Å²) in [7, 11) is -3.83. The smallest absolute Gasteiger partial charge is 0.242 e. The van der Waals surface area contributed by atoms with Gasteiger partial charge in [-0.3, -0.25) is 0 Å². The Kier molecular flexibility index (Phi) is 4.10. The summed E-state index contributed by atoms with van der Waals surface area (Å²) in [6.45, 7) is 0.138. The summed E-state index contributed by atoms with van der Waals surface area (Å²) in [5.41, 5.74) is 5.92. The summed E-state index contributed by atoms with van der Waals surface area (Å²) in [4.78, 5) is -0.233. The molecule has 0 saturated carbocycles. The molecule has 102 valence electrons. The van der Waals surface area contributed by atoms with Gasteiger partial charge in [0.15, 0.2) is 0 Å². The Labute approximate surface area is 119 Å². The number of hydrogen-bond acceptors (Lipinski definition) is 4. The molecule has 2 rings (SSSR count). The molecule has 0 aliphatic heterocycles. The van der Waals surface area contributed by atoms with Crippen LogP contribution in [-0.2, 0) is 16.6 Å². The number of rotatable bonds is 4. The molecule has 1 aromatic carbocycles. The van der Waals surface area contributed by atoms with Crippen LogP contribution in [0, 0.1) is 5.82 Å². The Morgan fingerprint density at radius 3 is 2.79 bits per heavy atom. The summed E-state index contributed by atoms with van der Waals surface area (Å²) < 4.78 is 39.6. The lowest BCUT2D eigenvalue weighted by Gasteiger charge is -2.09. The van der Waals surface area contributed by atoms with Gasteiger partial charge in [0.25, 0.3) is 0 Å². The van der Waals surface area contributed by atoms with Crippen LogP contribution in [0.3, 0.4) is 0 Å². The quantitative estimate of drug-likeness (QED) is 0.851. The zero-order valence-electron chi connectivity index (χ0n) is 9.56. The SMILES string of the molecule is Nc1cc(S(=O)(=O)NCc2ccsc2)c(Cl)cc1F. The van der Waals surface area contributed by atoms with E-state index in [1.165, 1.54) is 11.3 Å². The zero-order valence-corrected chi connectivity index (χ0v) is 11.9. The van der Waals surface area contributed by atoms with Gasteiger partial charge in [-0.2, -0.15) is 11.3 Å². The van der Waals surface area contributed by atoms with Gasteiger partial charge in [-0.1, -0.05) is 11.6 Å². The highest BCUT2D eigenvalue weighted by molar-refractivity contribution is 7.89. The molecule has 0 aliphatic carbocycles. The van der Waals surface area contributed by atoms with Crippen molar-refractivity contribution in [2.24, 2.45) is 0 Å². The van der Waals surface area contributed by atoms with Crippen molar-refractivity contribution in [2.75, 3.05) is 5.73 Å². The first kappa shape index (κ1) is 14.3. The van der Waals surface area contributed by atoms with E-state index in [2.05, 4.69) is 4.72 Å². The van der Waals surface area contributed by atoms with Crippen LogP contribution in [0.2, 0.25) is 5.02 Å². The molecule has 0 fully saturated rings. The summed E-state index contributed by atoms with van der Waals surface area (Å²) >= 11 is 7.20. The molecule has 19 heavy (non-hydrogen) atoms. The van der Waals surface area contributed by atoms with Gasteiger partial charge in [0.05, 0.1) is 10.7 Å². The molecule has 0 saturated heterocycles. The maximum absolute atomic E-state index is 13.1. The van der Waals surface area contributed by atoms with Crippen LogP contribution in [0.5, 0.6) is 0 Å². The molecule has 8 heteroatoms. The topological polar surface area (TPSA) is 72.2 Å². The molecule has 0 radical (unpaired) electrons. The van der Waals surface area contributed by atoms with Crippen molar-refractivity contribution in [1.82, 2.24) is 4.72 Å². The van der Waals surface area contributed by atoms with Crippen molar-refractivity contribution in [1.29, 1.82) is 0 Å². The predicted octanol–water partition coefficient (Wildman–Crippen LogP) is 2.60. The number of halogens is 2. The highest BCUT2D eigenvalue weighted by Crippen LogP contribution is 2.26. The van der Waals surface area contributed by atoms with Crippen molar-refractivity contribution in [3.63, 3.8) is 0 Å². The maximum atomic E-state index is 13.1. The van der Waals surface area contributed by atoms with E-state index in [9.17, 15) is 12.8 Å². The third-order valence-corrected chi connectivity index (χ3v) is 4.99. The minimum Gasteiger partial charge on any atom is -0.396 e. The van der Waals surface area contributed by atoms with Gasteiger partial charge in [0, 0.05) is 6.54 Å². The first-order valence-corrected chi connectivity index (χ1v) is 7.96. The van der Waals surface area contributed by atoms with Crippen LogP contribution in [-0.4, -0.2) is 8.42 Å². The number of nitrogens with one attached hydrogen (secondary N) is 1. The fourth-order valence-corrected chi connectivity index (χ4v) is 3.63. The van der Waals surface area contributed by atoms with E-state index in [0.29, 0.717) is 0 Å². The fourth-order valence-electron chi connectivity index (χ4n) is 1.40. The average Bonchev–Trinajstić information content (AvgIpc) is 2.84. The van der Waals surface area contributed by atoms with Crippen molar-refractivity contribution in [3.05, 3.63) is 45.4 Å². The third kappa shape index (κ3) is 3.24. The van der Waals surface area contributed by atoms with Crippen molar-refractivity contribution in [3.8, 4) is 0 Å². The van der Waals surface area contributed by atoms with Gasteiger partial charge in [0.1, 0.15) is 10.7 Å². The normalized spacial score (nSPS) is 11.7. The minimum absolute atomic E-state index is 0.138. The fraction of sp³-hybridized carbons (Fsp3) is 0.0909. The number of thiophene rings is 1. The lowest BCUT2D eigenvalue weighted by atomic mass is 10.3. The van der Waals surface area contributed by atoms with Crippen LogP contribution >= 0.6 is 22.9 Å². The van der Waals surface area contributed by atoms with E-state index in [-0.39, 0.29) is 22.2 Å². The van der Waals surface area contributed by atoms with Crippen LogP contribution in [0.1, 0.15) is 5.56 Å². The van der Waals surface area contributed by atoms with E-state index in [1.54, 1.807) is 6.07 Å². The molecule has 1 heterocycles. The second kappa shape index (κ2) is 5.46. The van der Waals surface area contributed by atoms with Crippen molar-refractivity contribution < 1.29 is 12.8 Å². The molecule has 2 aromatic rings. The number of benzene rings is 1. The molecule has 4 nitrogen and oxygen atoms in total. The van der Waals surface area contributed by atoms with E-state index in [1.807, 2.05) is 10.8 Å². The molecular weight excluding hydrogens is 311 g/mol. The number of anilines is 1. The van der Waals surface area contributed by atoms with Crippen molar-refractivity contribution in [2.45, 2.75) is 11.4 Å². The highest BCUT2D eigenvalue weighted by atomic mass is 35.5. The van der Waals surface area contributed by atoms with Gasteiger partial charge in [0.2, 0.25) is 10.0 Å². The number of nitrogens with two attached hydrogens (primary N) is 1. The second-order valence-corrected chi connectivity index (χ2v) is 6.68. The first-order valence-electron chi connectivity index (χ1n) is 5.15. The second-order valence-electron chi connectivity index (χ2n) is 3.76. The zero-order chi connectivity index (χ0) is 14.0.